The maximum absolute atomic E-state index is 5.46. The summed E-state index contributed by atoms with van der Waals surface area (Å²) in [5.74, 6) is 2.25. The first-order valence-electron chi connectivity index (χ1n) is 10.2. The van der Waals surface area contributed by atoms with Gasteiger partial charge in [-0.15, -0.1) is 0 Å². The molecule has 0 aliphatic heterocycles. The molecule has 2 N–H and O–H groups in total. The highest BCUT2D eigenvalue weighted by molar-refractivity contribution is 5.79. The lowest BCUT2D eigenvalue weighted by molar-refractivity contribution is 0.295. The Morgan fingerprint density at radius 3 is 2.43 bits per heavy atom. The van der Waals surface area contributed by atoms with Gasteiger partial charge < -0.3 is 25.0 Å². The van der Waals surface area contributed by atoms with Crippen LogP contribution in [0.15, 0.2) is 29.3 Å². The number of aryl methyl sites for hydroxylation is 3. The molecule has 1 atom stereocenters. The van der Waals surface area contributed by atoms with Gasteiger partial charge in [0.15, 0.2) is 17.5 Å². The molecule has 8 nitrogen and oxygen atoms in total. The Labute approximate surface area is 180 Å². The first kappa shape index (κ1) is 23.5. The first-order valence-corrected chi connectivity index (χ1v) is 10.2. The van der Waals surface area contributed by atoms with Crippen LogP contribution in [0.2, 0.25) is 0 Å². The largest absolute Gasteiger partial charge is 0.493 e. The molecular weight excluding hydrogens is 380 g/mol. The van der Waals surface area contributed by atoms with E-state index in [1.807, 2.05) is 23.7 Å². The summed E-state index contributed by atoms with van der Waals surface area (Å²) in [6.07, 6.45) is 0.968. The standard InChI is InChI=1S/C22H36N6O2/c1-16-13-17(2)28(26-16)12-8-11-24-22(23-3)25-15-19(27(4)5)18-9-10-20(29-6)21(14-18)30-7/h9-10,13-14,19H,8,11-12,15H2,1-7H3,(H2,23,24,25). The summed E-state index contributed by atoms with van der Waals surface area (Å²) in [6, 6.07) is 8.28. The van der Waals surface area contributed by atoms with Crippen LogP contribution < -0.4 is 20.1 Å². The summed E-state index contributed by atoms with van der Waals surface area (Å²) in [5.41, 5.74) is 3.40. The first-order chi connectivity index (χ1) is 14.4. The molecule has 8 heteroatoms. The van der Waals surface area contributed by atoms with Crippen molar-refractivity contribution in [1.29, 1.82) is 0 Å². The summed E-state index contributed by atoms with van der Waals surface area (Å²) in [4.78, 5) is 6.52. The quantitative estimate of drug-likeness (QED) is 0.352. The minimum absolute atomic E-state index is 0.151. The van der Waals surface area contributed by atoms with Gasteiger partial charge in [-0.25, -0.2) is 0 Å². The van der Waals surface area contributed by atoms with Gasteiger partial charge in [-0.1, -0.05) is 6.07 Å². The number of aliphatic imine (C=N–C) groups is 1. The Kier molecular flexibility index (Phi) is 8.98. The zero-order valence-corrected chi connectivity index (χ0v) is 19.3. The molecule has 0 radical (unpaired) electrons. The van der Waals surface area contributed by atoms with Crippen LogP contribution >= 0.6 is 0 Å². The fraction of sp³-hybridized carbons (Fsp3) is 0.545. The molecule has 2 rings (SSSR count). The molecule has 1 heterocycles. The van der Waals surface area contributed by atoms with Gasteiger partial charge in [-0.2, -0.15) is 5.10 Å². The Morgan fingerprint density at radius 1 is 1.13 bits per heavy atom. The fourth-order valence-electron chi connectivity index (χ4n) is 3.41. The molecule has 0 amide bonds. The van der Waals surface area contributed by atoms with Gasteiger partial charge in [0.05, 0.1) is 26.0 Å². The molecule has 1 unspecified atom stereocenters. The van der Waals surface area contributed by atoms with Crippen molar-refractivity contribution in [2.24, 2.45) is 4.99 Å². The van der Waals surface area contributed by atoms with Crippen LogP contribution in [-0.2, 0) is 6.54 Å². The Bertz CT molecular complexity index is 831. The summed E-state index contributed by atoms with van der Waals surface area (Å²) in [5, 5.41) is 11.3. The second-order valence-corrected chi connectivity index (χ2v) is 7.48. The summed E-state index contributed by atoms with van der Waals surface area (Å²) in [6.45, 7) is 6.52. The number of methoxy groups -OCH3 is 2. The predicted molar refractivity (Wildman–Crippen MR) is 122 cm³/mol. The number of likely N-dealkylation sites (N-methyl/N-ethyl adjacent to an activating group) is 1. The molecule has 0 spiro atoms. The lowest BCUT2D eigenvalue weighted by atomic mass is 10.1. The van der Waals surface area contributed by atoms with Gasteiger partial charge in [-0.05, 0) is 58.1 Å². The zero-order chi connectivity index (χ0) is 22.1. The van der Waals surface area contributed by atoms with Crippen molar-refractivity contribution >= 4 is 5.96 Å². The third kappa shape index (κ3) is 6.38. The molecule has 1 aromatic heterocycles. The van der Waals surface area contributed by atoms with E-state index in [9.17, 15) is 0 Å². The third-order valence-electron chi connectivity index (χ3n) is 5.04. The highest BCUT2D eigenvalue weighted by atomic mass is 16.5. The monoisotopic (exact) mass is 416 g/mol. The molecule has 0 aliphatic carbocycles. The Balaban J connectivity index is 1.90. The van der Waals surface area contributed by atoms with Crippen LogP contribution in [0.5, 0.6) is 11.5 Å². The van der Waals surface area contributed by atoms with Crippen molar-refractivity contribution in [2.75, 3.05) is 48.5 Å². The second kappa shape index (κ2) is 11.4. The number of benzene rings is 1. The fourth-order valence-corrected chi connectivity index (χ4v) is 3.41. The number of nitrogens with one attached hydrogen (secondary N) is 2. The van der Waals surface area contributed by atoms with E-state index in [1.165, 1.54) is 5.69 Å². The number of aromatic nitrogens is 2. The predicted octanol–water partition coefficient (Wildman–Crippen LogP) is 2.38. The van der Waals surface area contributed by atoms with Gasteiger partial charge in [0.2, 0.25) is 0 Å². The van der Waals surface area contributed by atoms with E-state index in [4.69, 9.17) is 9.47 Å². The van der Waals surface area contributed by atoms with E-state index in [2.05, 4.69) is 58.8 Å². The number of nitrogens with zero attached hydrogens (tertiary/aromatic N) is 4. The normalized spacial score (nSPS) is 12.7. The van der Waals surface area contributed by atoms with E-state index < -0.39 is 0 Å². The topological polar surface area (TPSA) is 75.9 Å². The average molecular weight is 417 g/mol. The van der Waals surface area contributed by atoms with Gasteiger partial charge in [0, 0.05) is 32.4 Å². The molecule has 2 aromatic rings. The maximum atomic E-state index is 5.46. The molecule has 0 saturated heterocycles. The number of hydrogen-bond acceptors (Lipinski definition) is 5. The zero-order valence-electron chi connectivity index (χ0n) is 19.3. The highest BCUT2D eigenvalue weighted by Crippen LogP contribution is 2.31. The molecule has 30 heavy (non-hydrogen) atoms. The van der Waals surface area contributed by atoms with Crippen molar-refractivity contribution < 1.29 is 9.47 Å². The number of ether oxygens (including phenoxy) is 2. The molecule has 166 valence electrons. The van der Waals surface area contributed by atoms with Gasteiger partial charge >= 0.3 is 0 Å². The summed E-state index contributed by atoms with van der Waals surface area (Å²) < 4.78 is 12.9. The van der Waals surface area contributed by atoms with E-state index in [1.54, 1.807) is 21.3 Å². The molecule has 0 fully saturated rings. The van der Waals surface area contributed by atoms with Gasteiger partial charge in [0.1, 0.15) is 0 Å². The van der Waals surface area contributed by atoms with Crippen LogP contribution in [0.4, 0.5) is 0 Å². The van der Waals surface area contributed by atoms with Crippen LogP contribution in [0.1, 0.15) is 29.4 Å². The maximum Gasteiger partial charge on any atom is 0.191 e. The number of hydrogen-bond donors (Lipinski definition) is 2. The Morgan fingerprint density at radius 2 is 1.87 bits per heavy atom. The van der Waals surface area contributed by atoms with Gasteiger partial charge in [-0.3, -0.25) is 9.67 Å². The van der Waals surface area contributed by atoms with Crippen molar-refractivity contribution in [3.05, 3.63) is 41.2 Å². The van der Waals surface area contributed by atoms with Crippen molar-refractivity contribution in [3.63, 3.8) is 0 Å². The molecule has 0 bridgehead atoms. The van der Waals surface area contributed by atoms with Crippen molar-refractivity contribution in [1.82, 2.24) is 25.3 Å². The lowest BCUT2D eigenvalue weighted by Crippen LogP contribution is -2.42. The minimum atomic E-state index is 0.151. The molecular formula is C22H36N6O2. The summed E-state index contributed by atoms with van der Waals surface area (Å²) in [7, 11) is 9.22. The number of rotatable bonds is 10. The van der Waals surface area contributed by atoms with Gasteiger partial charge in [0.25, 0.3) is 0 Å². The van der Waals surface area contributed by atoms with Crippen LogP contribution in [-0.4, -0.2) is 69.1 Å². The van der Waals surface area contributed by atoms with E-state index >= 15 is 0 Å². The van der Waals surface area contributed by atoms with E-state index in [0.29, 0.717) is 6.54 Å². The summed E-state index contributed by atoms with van der Waals surface area (Å²) >= 11 is 0. The minimum Gasteiger partial charge on any atom is -0.493 e. The SMILES string of the molecule is CN=C(NCCCn1nc(C)cc1C)NCC(c1ccc(OC)c(OC)c1)N(C)C. The van der Waals surface area contributed by atoms with Crippen molar-refractivity contribution in [3.8, 4) is 11.5 Å². The van der Waals surface area contributed by atoms with Crippen LogP contribution in [0, 0.1) is 13.8 Å². The second-order valence-electron chi connectivity index (χ2n) is 7.48. The van der Waals surface area contributed by atoms with E-state index in [0.717, 1.165) is 48.2 Å². The van der Waals surface area contributed by atoms with Crippen LogP contribution in [0.25, 0.3) is 0 Å². The Hall–Kier alpha value is -2.74. The third-order valence-corrected chi connectivity index (χ3v) is 5.04. The lowest BCUT2D eigenvalue weighted by Gasteiger charge is -2.26. The average Bonchev–Trinajstić information content (AvgIpc) is 3.06. The molecule has 1 aromatic carbocycles. The molecule has 0 saturated carbocycles. The van der Waals surface area contributed by atoms with Crippen LogP contribution in [0.3, 0.4) is 0 Å². The van der Waals surface area contributed by atoms with Crippen molar-refractivity contribution in [2.45, 2.75) is 32.9 Å². The smallest absolute Gasteiger partial charge is 0.191 e. The highest BCUT2D eigenvalue weighted by Gasteiger charge is 2.17. The van der Waals surface area contributed by atoms with E-state index in [-0.39, 0.29) is 6.04 Å². The molecule has 0 aliphatic rings. The number of guanidine groups is 1.